The number of aliphatic imine (C=N–C) groups is 1. The predicted molar refractivity (Wildman–Crippen MR) is 129 cm³/mol. The Morgan fingerprint density at radius 2 is 1.97 bits per heavy atom. The molecule has 0 aliphatic rings. The van der Waals surface area contributed by atoms with Crippen molar-refractivity contribution in [3.63, 3.8) is 0 Å². The first-order chi connectivity index (χ1) is 13.9. The Hall–Kier alpha value is -1.94. The quantitative estimate of drug-likeness (QED) is 0.211. The minimum absolute atomic E-state index is 0. The van der Waals surface area contributed by atoms with Crippen LogP contribution in [0.4, 0.5) is 4.39 Å². The lowest BCUT2D eigenvalue weighted by Gasteiger charge is -2.27. The molecule has 0 aliphatic carbocycles. The second kappa shape index (κ2) is 13.4. The zero-order valence-electron chi connectivity index (χ0n) is 18.1. The van der Waals surface area contributed by atoms with Crippen molar-refractivity contribution in [1.82, 2.24) is 15.6 Å². The van der Waals surface area contributed by atoms with E-state index in [1.807, 2.05) is 25.1 Å². The molecule has 0 unspecified atom stereocenters. The summed E-state index contributed by atoms with van der Waals surface area (Å²) in [5.41, 5.74) is 1.67. The number of ether oxygens (including phenoxy) is 2. The van der Waals surface area contributed by atoms with Crippen molar-refractivity contribution < 1.29 is 13.9 Å². The second-order valence-corrected chi connectivity index (χ2v) is 7.29. The van der Waals surface area contributed by atoms with E-state index in [4.69, 9.17) is 9.47 Å². The minimum Gasteiger partial charge on any atom is -0.475 e. The zero-order chi connectivity index (χ0) is 21.1. The van der Waals surface area contributed by atoms with Gasteiger partial charge in [-0.15, -0.1) is 24.0 Å². The smallest absolute Gasteiger partial charge is 0.213 e. The van der Waals surface area contributed by atoms with Crippen LogP contribution in [0.3, 0.4) is 0 Å². The Morgan fingerprint density at radius 1 is 1.17 bits per heavy atom. The summed E-state index contributed by atoms with van der Waals surface area (Å²) in [6, 6.07) is 10.5. The number of aromatic nitrogens is 1. The molecule has 0 fully saturated rings. The highest BCUT2D eigenvalue weighted by Gasteiger charge is 2.21. The lowest BCUT2D eigenvalue weighted by atomic mass is 9.84. The fourth-order valence-corrected chi connectivity index (χ4v) is 2.65. The number of hydrogen-bond acceptors (Lipinski definition) is 4. The molecule has 2 rings (SSSR count). The third-order valence-corrected chi connectivity index (χ3v) is 4.40. The van der Waals surface area contributed by atoms with E-state index in [0.29, 0.717) is 38.1 Å². The third-order valence-electron chi connectivity index (χ3n) is 4.40. The summed E-state index contributed by atoms with van der Waals surface area (Å²) in [7, 11) is 1.63. The molecule has 0 bridgehead atoms. The number of halogens is 2. The van der Waals surface area contributed by atoms with E-state index < -0.39 is 0 Å². The van der Waals surface area contributed by atoms with E-state index >= 15 is 0 Å². The molecule has 0 saturated heterocycles. The van der Waals surface area contributed by atoms with Gasteiger partial charge in [-0.1, -0.05) is 32.0 Å². The van der Waals surface area contributed by atoms with E-state index in [1.165, 1.54) is 6.07 Å². The highest BCUT2D eigenvalue weighted by molar-refractivity contribution is 14.0. The Bertz CT molecular complexity index is 785. The van der Waals surface area contributed by atoms with Crippen molar-refractivity contribution in [2.45, 2.75) is 32.7 Å². The maximum atomic E-state index is 13.6. The summed E-state index contributed by atoms with van der Waals surface area (Å²) in [4.78, 5) is 8.91. The number of pyridine rings is 1. The van der Waals surface area contributed by atoms with Gasteiger partial charge in [-0.2, -0.15) is 0 Å². The molecule has 30 heavy (non-hydrogen) atoms. The fourth-order valence-electron chi connectivity index (χ4n) is 2.65. The average molecular weight is 530 g/mol. The van der Waals surface area contributed by atoms with Crippen molar-refractivity contribution in [3.05, 3.63) is 59.5 Å². The van der Waals surface area contributed by atoms with Crippen LogP contribution in [0.5, 0.6) is 5.88 Å². The molecule has 0 radical (unpaired) electrons. The molecule has 2 N–H and O–H groups in total. The molecular weight excluding hydrogens is 498 g/mol. The molecule has 8 heteroatoms. The van der Waals surface area contributed by atoms with Gasteiger partial charge in [0.15, 0.2) is 5.96 Å². The van der Waals surface area contributed by atoms with Crippen molar-refractivity contribution in [3.8, 4) is 5.88 Å². The lowest BCUT2D eigenvalue weighted by molar-refractivity contribution is 0.143. The Morgan fingerprint density at radius 3 is 2.60 bits per heavy atom. The Balaban J connectivity index is 0.00000450. The second-order valence-electron chi connectivity index (χ2n) is 7.29. The van der Waals surface area contributed by atoms with Crippen LogP contribution in [-0.4, -0.2) is 44.4 Å². The average Bonchev–Trinajstić information content (AvgIpc) is 2.71. The van der Waals surface area contributed by atoms with Crippen LogP contribution in [-0.2, 0) is 16.7 Å². The molecule has 0 atom stereocenters. The topological polar surface area (TPSA) is 67.8 Å². The normalized spacial score (nSPS) is 11.6. The summed E-state index contributed by atoms with van der Waals surface area (Å²) in [5, 5.41) is 6.59. The van der Waals surface area contributed by atoms with Gasteiger partial charge in [0, 0.05) is 37.9 Å². The van der Waals surface area contributed by atoms with Crippen molar-refractivity contribution in [2.75, 3.05) is 33.4 Å². The molecule has 0 amide bonds. The monoisotopic (exact) mass is 530 g/mol. The van der Waals surface area contributed by atoms with Crippen molar-refractivity contribution >= 4 is 29.9 Å². The molecule has 0 spiro atoms. The molecule has 166 valence electrons. The number of hydrogen-bond donors (Lipinski definition) is 2. The molecule has 1 aromatic heterocycles. The highest BCUT2D eigenvalue weighted by atomic mass is 127. The van der Waals surface area contributed by atoms with Gasteiger partial charge in [0.25, 0.3) is 0 Å². The molecule has 2 aromatic rings. The first-order valence-corrected chi connectivity index (χ1v) is 9.79. The van der Waals surface area contributed by atoms with Crippen LogP contribution >= 0.6 is 24.0 Å². The summed E-state index contributed by atoms with van der Waals surface area (Å²) in [6.07, 6.45) is 1.76. The fraction of sp³-hybridized carbons (Fsp3) is 0.455. The van der Waals surface area contributed by atoms with Crippen LogP contribution in [0.25, 0.3) is 0 Å². The number of benzene rings is 1. The number of rotatable bonds is 10. The Labute approximate surface area is 195 Å². The van der Waals surface area contributed by atoms with Crippen LogP contribution in [0.1, 0.15) is 31.9 Å². The van der Waals surface area contributed by atoms with E-state index in [-0.39, 0.29) is 35.2 Å². The molecule has 0 saturated carbocycles. The van der Waals surface area contributed by atoms with Crippen molar-refractivity contribution in [1.29, 1.82) is 0 Å². The molecule has 1 aromatic carbocycles. The number of methoxy groups -OCH3 is 1. The summed E-state index contributed by atoms with van der Waals surface area (Å²) < 4.78 is 24.0. The number of nitrogens with one attached hydrogen (secondary N) is 2. The minimum atomic E-state index is -0.249. The van der Waals surface area contributed by atoms with Crippen LogP contribution in [0, 0.1) is 5.82 Å². The van der Waals surface area contributed by atoms with Gasteiger partial charge in [0.1, 0.15) is 12.4 Å². The molecule has 0 aliphatic heterocycles. The molecule has 6 nitrogen and oxygen atoms in total. The summed E-state index contributed by atoms with van der Waals surface area (Å²) in [6.45, 7) is 9.01. The largest absolute Gasteiger partial charge is 0.475 e. The van der Waals surface area contributed by atoms with Gasteiger partial charge in [-0.3, -0.25) is 0 Å². The molecular formula is C22H32FIN4O2. The van der Waals surface area contributed by atoms with Crippen LogP contribution in [0.2, 0.25) is 0 Å². The predicted octanol–water partition coefficient (Wildman–Crippen LogP) is 3.90. The van der Waals surface area contributed by atoms with Gasteiger partial charge in [-0.05, 0) is 30.2 Å². The van der Waals surface area contributed by atoms with Gasteiger partial charge in [0.05, 0.1) is 13.2 Å². The first-order valence-electron chi connectivity index (χ1n) is 9.79. The SMILES string of the molecule is CCNC(=NCc1ccc(OCCOC)nc1)NCC(C)(C)c1cccc(F)c1.I. The zero-order valence-corrected chi connectivity index (χ0v) is 20.4. The maximum absolute atomic E-state index is 13.6. The molecule has 1 heterocycles. The van der Waals surface area contributed by atoms with E-state index in [1.54, 1.807) is 25.4 Å². The maximum Gasteiger partial charge on any atom is 0.213 e. The summed E-state index contributed by atoms with van der Waals surface area (Å²) in [5.74, 6) is 1.05. The van der Waals surface area contributed by atoms with E-state index in [0.717, 1.165) is 17.7 Å². The summed E-state index contributed by atoms with van der Waals surface area (Å²) >= 11 is 0. The lowest BCUT2D eigenvalue weighted by Crippen LogP contribution is -2.43. The third kappa shape index (κ3) is 8.83. The van der Waals surface area contributed by atoms with Gasteiger partial charge < -0.3 is 20.1 Å². The van der Waals surface area contributed by atoms with E-state index in [9.17, 15) is 4.39 Å². The Kier molecular flexibility index (Phi) is 11.6. The van der Waals surface area contributed by atoms with E-state index in [2.05, 4.69) is 34.5 Å². The number of nitrogens with zero attached hydrogens (tertiary/aromatic N) is 2. The van der Waals surface area contributed by atoms with Crippen molar-refractivity contribution in [2.24, 2.45) is 4.99 Å². The van der Waals surface area contributed by atoms with Crippen LogP contribution < -0.4 is 15.4 Å². The van der Waals surface area contributed by atoms with Gasteiger partial charge >= 0.3 is 0 Å². The van der Waals surface area contributed by atoms with Crippen LogP contribution in [0.15, 0.2) is 47.6 Å². The number of guanidine groups is 1. The first kappa shape index (κ1) is 26.1. The standard InChI is InChI=1S/C22H31FN4O2.HI/c1-5-24-21(27-16-22(2,3)18-7-6-8-19(23)13-18)26-15-17-9-10-20(25-14-17)29-12-11-28-4;/h6-10,13-14H,5,11-12,15-16H2,1-4H3,(H2,24,26,27);1H. The van der Waals surface area contributed by atoms with Gasteiger partial charge in [-0.25, -0.2) is 14.4 Å². The highest BCUT2D eigenvalue weighted by Crippen LogP contribution is 2.22. The van der Waals surface area contributed by atoms with Gasteiger partial charge in [0.2, 0.25) is 5.88 Å².